The summed E-state index contributed by atoms with van der Waals surface area (Å²) in [6.07, 6.45) is 3.09. The summed E-state index contributed by atoms with van der Waals surface area (Å²) in [6.45, 7) is 0. The van der Waals surface area contributed by atoms with Gasteiger partial charge in [0.2, 0.25) is 5.78 Å². The van der Waals surface area contributed by atoms with E-state index in [0.29, 0.717) is 28.9 Å². The van der Waals surface area contributed by atoms with Gasteiger partial charge in [0.15, 0.2) is 11.5 Å². The number of urea groups is 1. The summed E-state index contributed by atoms with van der Waals surface area (Å²) in [5, 5.41) is 3.62. The van der Waals surface area contributed by atoms with Crippen LogP contribution in [0.5, 0.6) is 5.75 Å². The molecule has 0 saturated carbocycles. The van der Waals surface area contributed by atoms with Gasteiger partial charge in [0.25, 0.3) is 0 Å². The van der Waals surface area contributed by atoms with Crippen LogP contribution in [0.3, 0.4) is 0 Å². The van der Waals surface area contributed by atoms with Crippen molar-refractivity contribution in [3.8, 4) is 5.75 Å². The quantitative estimate of drug-likeness (QED) is 0.486. The van der Waals surface area contributed by atoms with Gasteiger partial charge in [-0.25, -0.2) is 10.2 Å². The summed E-state index contributed by atoms with van der Waals surface area (Å²) in [7, 11) is 0. The third-order valence-corrected chi connectivity index (χ3v) is 3.15. The zero-order valence-electron chi connectivity index (χ0n) is 11.3. The average molecular weight is 297 g/mol. The number of hydrazone groups is 1. The van der Waals surface area contributed by atoms with Gasteiger partial charge in [0.1, 0.15) is 5.75 Å². The molecule has 7 nitrogen and oxygen atoms in total. The topological polar surface area (TPSA) is 111 Å². The predicted molar refractivity (Wildman–Crippen MR) is 77.1 cm³/mol. The van der Waals surface area contributed by atoms with Crippen molar-refractivity contribution in [1.82, 2.24) is 5.43 Å². The number of nitrogens with one attached hydrogen (secondary N) is 1. The third kappa shape index (κ3) is 2.78. The molecule has 2 aliphatic rings. The molecule has 1 aromatic rings. The van der Waals surface area contributed by atoms with Crippen LogP contribution in [0.2, 0.25) is 0 Å². The molecule has 0 heterocycles. The minimum atomic E-state index is -0.752. The minimum absolute atomic E-state index is 0.0399. The monoisotopic (exact) mass is 297 g/mol. The zero-order chi connectivity index (χ0) is 15.7. The first-order valence-electron chi connectivity index (χ1n) is 6.44. The van der Waals surface area contributed by atoms with E-state index in [1.54, 1.807) is 24.3 Å². The fraction of sp³-hybridized carbons (Fsp3) is 0.0667. The van der Waals surface area contributed by atoms with Crippen molar-refractivity contribution < 1.29 is 19.1 Å². The van der Waals surface area contributed by atoms with Crippen molar-refractivity contribution in [2.75, 3.05) is 0 Å². The Bertz CT molecular complexity index is 772. The molecule has 0 bridgehead atoms. The Morgan fingerprint density at radius 2 is 1.95 bits per heavy atom. The van der Waals surface area contributed by atoms with Crippen molar-refractivity contribution in [3.05, 3.63) is 52.8 Å². The molecule has 0 spiro atoms. The Hall–Kier alpha value is -3.22. The summed E-state index contributed by atoms with van der Waals surface area (Å²) in [4.78, 5) is 34.0. The van der Waals surface area contributed by atoms with E-state index in [-0.39, 0.29) is 17.3 Å². The number of nitrogens with zero attached hydrogens (tertiary/aromatic N) is 1. The summed E-state index contributed by atoms with van der Waals surface area (Å²) >= 11 is 0. The predicted octanol–water partition coefficient (Wildman–Crippen LogP) is 0.804. The maximum Gasteiger partial charge on any atom is 0.332 e. The number of Topliss-reactive ketones (excluding diaryl/α,β-unsaturated/α-hetero) is 1. The normalized spacial score (nSPS) is 16.5. The molecular weight excluding hydrogens is 286 g/mol. The molecular formula is C15H11N3O4. The number of carbonyl (C=O) groups excluding carboxylic acids is 3. The molecule has 0 aliphatic heterocycles. The maximum absolute atomic E-state index is 11.9. The average Bonchev–Trinajstić information content (AvgIpc) is 3.27. The number of hydrogen-bond acceptors (Lipinski definition) is 5. The Kier molecular flexibility index (Phi) is 3.30. The van der Waals surface area contributed by atoms with E-state index in [0.717, 1.165) is 0 Å². The summed E-state index contributed by atoms with van der Waals surface area (Å²) in [5.74, 6) is 0.0759. The van der Waals surface area contributed by atoms with E-state index in [1.807, 2.05) is 0 Å². The summed E-state index contributed by atoms with van der Waals surface area (Å²) < 4.78 is 5.46. The lowest BCUT2D eigenvalue weighted by molar-refractivity contribution is -0.116. The van der Waals surface area contributed by atoms with Crippen molar-refractivity contribution >= 4 is 23.8 Å². The smallest absolute Gasteiger partial charge is 0.332 e. The Morgan fingerprint density at radius 3 is 2.64 bits per heavy atom. The summed E-state index contributed by atoms with van der Waals surface area (Å²) in [6, 6.07) is 5.86. The lowest BCUT2D eigenvalue weighted by Gasteiger charge is -2.09. The number of ether oxygens (including phenoxy) is 1. The van der Waals surface area contributed by atoms with Crippen molar-refractivity contribution in [1.29, 1.82) is 0 Å². The maximum atomic E-state index is 11.9. The van der Waals surface area contributed by atoms with Crippen LogP contribution in [0.15, 0.2) is 52.3 Å². The number of ketones is 2. The number of carbonyl (C=O) groups is 3. The number of rotatable bonds is 4. The van der Waals surface area contributed by atoms with Crippen LogP contribution in [-0.2, 0) is 9.59 Å². The number of allylic oxidation sites excluding steroid dienone is 3. The molecule has 7 heteroatoms. The number of nitrogens with two attached hydrogens (primary N) is 1. The van der Waals surface area contributed by atoms with Gasteiger partial charge in [-0.2, -0.15) is 5.10 Å². The van der Waals surface area contributed by atoms with Gasteiger partial charge in [-0.15, -0.1) is 0 Å². The van der Waals surface area contributed by atoms with Crippen LogP contribution >= 0.6 is 0 Å². The SMILES string of the molecule is NC(=O)NN=Cc1ccc(OC2=CC(=O)C3=C(C3)C2=O)cc1. The number of hydrogen-bond donors (Lipinski definition) is 2. The van der Waals surface area contributed by atoms with Crippen LogP contribution in [0.4, 0.5) is 4.79 Å². The first kappa shape index (κ1) is 13.7. The first-order chi connectivity index (χ1) is 10.5. The van der Waals surface area contributed by atoms with E-state index in [2.05, 4.69) is 10.5 Å². The second-order valence-corrected chi connectivity index (χ2v) is 4.74. The van der Waals surface area contributed by atoms with Crippen molar-refractivity contribution in [2.45, 2.75) is 6.42 Å². The highest BCUT2D eigenvalue weighted by molar-refractivity contribution is 6.27. The van der Waals surface area contributed by atoms with Crippen molar-refractivity contribution in [3.63, 3.8) is 0 Å². The Morgan fingerprint density at radius 1 is 1.23 bits per heavy atom. The summed E-state index contributed by atoms with van der Waals surface area (Å²) in [5.41, 5.74) is 8.78. The van der Waals surface area contributed by atoms with Crippen molar-refractivity contribution in [2.24, 2.45) is 10.8 Å². The minimum Gasteiger partial charge on any atom is -0.453 e. The standard InChI is InChI=1S/C15H11N3O4/c16-15(21)18-17-7-8-1-3-9(4-2-8)22-13-6-12(19)10-5-11(10)14(13)20/h1-4,6-7H,5H2,(H3,16,18,21). The van der Waals surface area contributed by atoms with E-state index in [9.17, 15) is 14.4 Å². The van der Waals surface area contributed by atoms with Gasteiger partial charge >= 0.3 is 6.03 Å². The van der Waals surface area contributed by atoms with Crippen LogP contribution in [0.25, 0.3) is 0 Å². The highest BCUT2D eigenvalue weighted by Gasteiger charge is 2.39. The van der Waals surface area contributed by atoms with Crippen LogP contribution < -0.4 is 15.9 Å². The molecule has 0 aromatic heterocycles. The molecule has 1 aromatic carbocycles. The molecule has 0 fully saturated rings. The molecule has 0 radical (unpaired) electrons. The third-order valence-electron chi connectivity index (χ3n) is 3.15. The zero-order valence-corrected chi connectivity index (χ0v) is 11.3. The lowest BCUT2D eigenvalue weighted by atomic mass is 10.1. The van der Waals surface area contributed by atoms with Gasteiger partial charge in [0, 0.05) is 23.6 Å². The first-order valence-corrected chi connectivity index (χ1v) is 6.44. The van der Waals surface area contributed by atoms with E-state index >= 15 is 0 Å². The van der Waals surface area contributed by atoms with Crippen LogP contribution in [-0.4, -0.2) is 23.8 Å². The van der Waals surface area contributed by atoms with E-state index in [1.165, 1.54) is 12.3 Å². The molecule has 0 saturated heterocycles. The van der Waals surface area contributed by atoms with E-state index in [4.69, 9.17) is 10.5 Å². The fourth-order valence-electron chi connectivity index (χ4n) is 2.00. The highest BCUT2D eigenvalue weighted by atomic mass is 16.5. The second kappa shape index (κ2) is 5.28. The molecule has 110 valence electrons. The molecule has 0 atom stereocenters. The van der Waals surface area contributed by atoms with Gasteiger partial charge in [-0.1, -0.05) is 0 Å². The fourth-order valence-corrected chi connectivity index (χ4v) is 2.00. The largest absolute Gasteiger partial charge is 0.453 e. The Balaban J connectivity index is 1.67. The molecule has 0 unspecified atom stereocenters. The second-order valence-electron chi connectivity index (χ2n) is 4.74. The molecule has 2 aliphatic carbocycles. The lowest BCUT2D eigenvalue weighted by Crippen LogP contribution is -2.24. The molecule has 2 amide bonds. The van der Waals surface area contributed by atoms with Crippen LogP contribution in [0.1, 0.15) is 12.0 Å². The Labute approximate surface area is 125 Å². The van der Waals surface area contributed by atoms with Gasteiger partial charge < -0.3 is 10.5 Å². The highest BCUT2D eigenvalue weighted by Crippen LogP contribution is 2.38. The van der Waals surface area contributed by atoms with Gasteiger partial charge in [0.05, 0.1) is 6.21 Å². The molecule has 3 N–H and O–H groups in total. The van der Waals surface area contributed by atoms with Crippen LogP contribution in [0, 0.1) is 0 Å². The molecule has 22 heavy (non-hydrogen) atoms. The van der Waals surface area contributed by atoms with Gasteiger partial charge in [-0.3, -0.25) is 9.59 Å². The molecule has 3 rings (SSSR count). The number of primary amides is 1. The van der Waals surface area contributed by atoms with Gasteiger partial charge in [-0.05, 0) is 29.8 Å². The number of benzene rings is 1. The number of amides is 2. The van der Waals surface area contributed by atoms with E-state index < -0.39 is 6.03 Å².